The van der Waals surface area contributed by atoms with Crippen molar-refractivity contribution in [1.82, 2.24) is 4.90 Å². The third kappa shape index (κ3) is 3.43. The summed E-state index contributed by atoms with van der Waals surface area (Å²) in [6.45, 7) is 2.12. The van der Waals surface area contributed by atoms with Gasteiger partial charge in [0.05, 0.1) is 6.10 Å². The van der Waals surface area contributed by atoms with Gasteiger partial charge in [-0.2, -0.15) is 0 Å². The highest BCUT2D eigenvalue weighted by atomic mass is 16.5. The molecule has 1 aliphatic carbocycles. The molecule has 2 fully saturated rings. The third-order valence-electron chi connectivity index (χ3n) is 4.57. The van der Waals surface area contributed by atoms with Gasteiger partial charge in [-0.1, -0.05) is 6.42 Å². The van der Waals surface area contributed by atoms with Crippen molar-refractivity contribution in [3.63, 3.8) is 0 Å². The predicted octanol–water partition coefficient (Wildman–Crippen LogP) is 2.15. The van der Waals surface area contributed by atoms with Crippen LogP contribution in [0.2, 0.25) is 0 Å². The topological polar surface area (TPSA) is 38.5 Å². The number of rotatable bonds is 4. The van der Waals surface area contributed by atoms with Crippen LogP contribution in [0.5, 0.6) is 0 Å². The van der Waals surface area contributed by atoms with Gasteiger partial charge in [-0.15, -0.1) is 0 Å². The molecular weight excluding hydrogens is 212 g/mol. The van der Waals surface area contributed by atoms with Gasteiger partial charge in [-0.3, -0.25) is 4.90 Å². The lowest BCUT2D eigenvalue weighted by Gasteiger charge is -2.44. The molecule has 1 heterocycles. The molecule has 3 heteroatoms. The molecule has 3 atom stereocenters. The Morgan fingerprint density at radius 3 is 2.82 bits per heavy atom. The molecular formula is C14H28N2O. The zero-order valence-corrected chi connectivity index (χ0v) is 11.2. The fraction of sp³-hybridized carbons (Fsp3) is 1.00. The lowest BCUT2D eigenvalue weighted by Crippen LogP contribution is -2.49. The highest BCUT2D eigenvalue weighted by Gasteiger charge is 2.32. The fourth-order valence-electron chi connectivity index (χ4n) is 3.64. The Balaban J connectivity index is 1.92. The maximum Gasteiger partial charge on any atom is 0.0586 e. The number of likely N-dealkylation sites (tertiary alicyclic amines) is 1. The van der Waals surface area contributed by atoms with Crippen molar-refractivity contribution in [2.24, 2.45) is 5.73 Å². The fourth-order valence-corrected chi connectivity index (χ4v) is 3.64. The zero-order chi connectivity index (χ0) is 12.1. The Morgan fingerprint density at radius 1 is 1.18 bits per heavy atom. The molecule has 2 aliphatic rings. The summed E-state index contributed by atoms with van der Waals surface area (Å²) in [5.74, 6) is 0. The van der Waals surface area contributed by atoms with Crippen molar-refractivity contribution in [3.8, 4) is 0 Å². The highest BCUT2D eigenvalue weighted by molar-refractivity contribution is 4.87. The van der Waals surface area contributed by atoms with E-state index in [1.807, 2.05) is 7.11 Å². The summed E-state index contributed by atoms with van der Waals surface area (Å²) in [6, 6.07) is 1.50. The highest BCUT2D eigenvalue weighted by Crippen LogP contribution is 2.30. The van der Waals surface area contributed by atoms with Crippen LogP contribution in [0.25, 0.3) is 0 Å². The van der Waals surface area contributed by atoms with Crippen LogP contribution in [0.4, 0.5) is 0 Å². The van der Waals surface area contributed by atoms with Crippen LogP contribution >= 0.6 is 0 Å². The van der Waals surface area contributed by atoms with Gasteiger partial charge in [0.2, 0.25) is 0 Å². The quantitative estimate of drug-likeness (QED) is 0.818. The minimum absolute atomic E-state index is 0.495. The average molecular weight is 240 g/mol. The van der Waals surface area contributed by atoms with Crippen molar-refractivity contribution in [1.29, 1.82) is 0 Å². The van der Waals surface area contributed by atoms with Crippen molar-refractivity contribution < 1.29 is 4.74 Å². The lowest BCUT2D eigenvalue weighted by atomic mass is 9.88. The van der Waals surface area contributed by atoms with E-state index >= 15 is 0 Å². The molecule has 3 unspecified atom stereocenters. The lowest BCUT2D eigenvalue weighted by molar-refractivity contribution is 0.00271. The van der Waals surface area contributed by atoms with Gasteiger partial charge >= 0.3 is 0 Å². The van der Waals surface area contributed by atoms with E-state index in [0.29, 0.717) is 6.10 Å². The van der Waals surface area contributed by atoms with Gasteiger partial charge in [0.25, 0.3) is 0 Å². The largest absolute Gasteiger partial charge is 0.381 e. The summed E-state index contributed by atoms with van der Waals surface area (Å²) < 4.78 is 5.56. The van der Waals surface area contributed by atoms with Crippen LogP contribution in [0.1, 0.15) is 51.4 Å². The molecule has 0 bridgehead atoms. The first-order valence-electron chi connectivity index (χ1n) is 7.33. The van der Waals surface area contributed by atoms with Gasteiger partial charge in [-0.25, -0.2) is 0 Å². The summed E-state index contributed by atoms with van der Waals surface area (Å²) >= 11 is 0. The average Bonchev–Trinajstić information content (AvgIpc) is 2.40. The number of hydrogen-bond donors (Lipinski definition) is 1. The van der Waals surface area contributed by atoms with Crippen LogP contribution in [-0.4, -0.2) is 43.3 Å². The molecule has 17 heavy (non-hydrogen) atoms. The number of nitrogens with two attached hydrogens (primary N) is 1. The van der Waals surface area contributed by atoms with E-state index in [1.54, 1.807) is 0 Å². The molecule has 1 aliphatic heterocycles. The summed E-state index contributed by atoms with van der Waals surface area (Å²) in [4.78, 5) is 2.75. The second-order valence-electron chi connectivity index (χ2n) is 5.64. The minimum Gasteiger partial charge on any atom is -0.381 e. The molecule has 1 saturated heterocycles. The first-order valence-corrected chi connectivity index (χ1v) is 7.33. The first-order chi connectivity index (χ1) is 8.35. The maximum atomic E-state index is 5.75. The molecule has 2 rings (SSSR count). The molecule has 0 spiro atoms. The van der Waals surface area contributed by atoms with Crippen LogP contribution in [0, 0.1) is 0 Å². The molecule has 1 saturated carbocycles. The van der Waals surface area contributed by atoms with E-state index in [4.69, 9.17) is 10.5 Å². The zero-order valence-electron chi connectivity index (χ0n) is 11.2. The summed E-state index contributed by atoms with van der Waals surface area (Å²) in [6.07, 6.45) is 11.0. The van der Waals surface area contributed by atoms with Crippen molar-refractivity contribution >= 4 is 0 Å². The standard InChI is InChI=1S/C14H28N2O/c1-17-14-7-4-6-13(11-14)16-10-3-2-5-12(16)8-9-15/h12-14H,2-11,15H2,1H3. The van der Waals surface area contributed by atoms with E-state index in [2.05, 4.69) is 4.90 Å². The van der Waals surface area contributed by atoms with Gasteiger partial charge in [-0.05, 0) is 58.0 Å². The van der Waals surface area contributed by atoms with E-state index in [-0.39, 0.29) is 0 Å². The second-order valence-corrected chi connectivity index (χ2v) is 5.64. The smallest absolute Gasteiger partial charge is 0.0586 e. The summed E-state index contributed by atoms with van der Waals surface area (Å²) in [5, 5.41) is 0. The minimum atomic E-state index is 0.495. The second kappa shape index (κ2) is 6.72. The SMILES string of the molecule is COC1CCCC(N2CCCCC2CCN)C1. The molecule has 0 radical (unpaired) electrons. The molecule has 0 aromatic carbocycles. The Hall–Kier alpha value is -0.120. The maximum absolute atomic E-state index is 5.75. The predicted molar refractivity (Wildman–Crippen MR) is 71.1 cm³/mol. The van der Waals surface area contributed by atoms with E-state index in [0.717, 1.165) is 18.6 Å². The molecule has 0 amide bonds. The van der Waals surface area contributed by atoms with Crippen LogP contribution in [0.3, 0.4) is 0 Å². The van der Waals surface area contributed by atoms with E-state index in [9.17, 15) is 0 Å². The summed E-state index contributed by atoms with van der Waals surface area (Å²) in [5.41, 5.74) is 5.75. The van der Waals surface area contributed by atoms with Gasteiger partial charge in [0.15, 0.2) is 0 Å². The number of piperidine rings is 1. The number of methoxy groups -OCH3 is 1. The van der Waals surface area contributed by atoms with E-state index in [1.165, 1.54) is 57.9 Å². The van der Waals surface area contributed by atoms with Crippen LogP contribution < -0.4 is 5.73 Å². The number of hydrogen-bond acceptors (Lipinski definition) is 3. The Kier molecular flexibility index (Phi) is 5.26. The van der Waals surface area contributed by atoms with Gasteiger partial charge in [0.1, 0.15) is 0 Å². The van der Waals surface area contributed by atoms with Gasteiger partial charge in [0, 0.05) is 19.2 Å². The Labute approximate surface area is 106 Å². The van der Waals surface area contributed by atoms with Crippen molar-refractivity contribution in [2.45, 2.75) is 69.6 Å². The van der Waals surface area contributed by atoms with Crippen LogP contribution in [0.15, 0.2) is 0 Å². The molecule has 100 valence electrons. The van der Waals surface area contributed by atoms with Crippen molar-refractivity contribution in [2.75, 3.05) is 20.2 Å². The first kappa shape index (κ1) is 13.3. The third-order valence-corrected chi connectivity index (χ3v) is 4.57. The number of nitrogens with zero attached hydrogens (tertiary/aromatic N) is 1. The monoisotopic (exact) mass is 240 g/mol. The molecule has 3 nitrogen and oxygen atoms in total. The molecule has 0 aromatic rings. The number of ether oxygens (including phenoxy) is 1. The molecule has 2 N–H and O–H groups in total. The Bertz CT molecular complexity index is 220. The normalized spacial score (nSPS) is 36.0. The Morgan fingerprint density at radius 2 is 2.06 bits per heavy atom. The van der Waals surface area contributed by atoms with E-state index < -0.39 is 0 Å². The van der Waals surface area contributed by atoms with Crippen LogP contribution in [-0.2, 0) is 4.74 Å². The molecule has 0 aromatic heterocycles. The van der Waals surface area contributed by atoms with Gasteiger partial charge < -0.3 is 10.5 Å². The van der Waals surface area contributed by atoms with Crippen molar-refractivity contribution in [3.05, 3.63) is 0 Å². The summed E-state index contributed by atoms with van der Waals surface area (Å²) in [7, 11) is 1.86.